The van der Waals surface area contributed by atoms with Crippen LogP contribution >= 0.6 is 0 Å². The highest BCUT2D eigenvalue weighted by molar-refractivity contribution is 5.83. The molecule has 1 fully saturated rings. The van der Waals surface area contributed by atoms with Crippen LogP contribution in [-0.4, -0.2) is 50.0 Å². The van der Waals surface area contributed by atoms with Crippen LogP contribution in [0.25, 0.3) is 0 Å². The first-order valence-corrected chi connectivity index (χ1v) is 10.8. The molecular formula is C22H37NO7. The number of nitrogens with zero attached hydrogens (tertiary/aromatic N) is 1. The minimum absolute atomic E-state index is 0.0452. The summed E-state index contributed by atoms with van der Waals surface area (Å²) in [5.74, 6) is -1.21. The van der Waals surface area contributed by atoms with Crippen molar-refractivity contribution in [3.05, 3.63) is 0 Å². The number of carbonyl (C=O) groups is 3. The van der Waals surface area contributed by atoms with E-state index in [1.165, 1.54) is 28.1 Å². The summed E-state index contributed by atoms with van der Waals surface area (Å²) in [4.78, 5) is 40.0. The Labute approximate surface area is 179 Å². The highest BCUT2D eigenvalue weighted by Gasteiger charge is 2.46. The molecule has 172 valence electrons. The average molecular weight is 428 g/mol. The number of hydrogen-bond donors (Lipinski definition) is 0. The first kappa shape index (κ1) is 25.9. The van der Waals surface area contributed by atoms with Crippen LogP contribution in [-0.2, 0) is 33.4 Å². The molecule has 1 saturated carbocycles. The zero-order valence-corrected chi connectivity index (χ0v) is 19.0. The fourth-order valence-corrected chi connectivity index (χ4v) is 4.27. The predicted molar refractivity (Wildman–Crippen MR) is 112 cm³/mol. The van der Waals surface area contributed by atoms with Crippen LogP contribution < -0.4 is 0 Å². The lowest BCUT2D eigenvalue weighted by molar-refractivity contribution is -0.149. The van der Waals surface area contributed by atoms with E-state index < -0.39 is 6.10 Å². The summed E-state index contributed by atoms with van der Waals surface area (Å²) in [5.41, 5.74) is 0.968. The van der Waals surface area contributed by atoms with E-state index >= 15 is 0 Å². The Morgan fingerprint density at radius 3 is 1.90 bits per heavy atom. The minimum Gasteiger partial charge on any atom is -0.469 e. The van der Waals surface area contributed by atoms with E-state index in [1.807, 2.05) is 0 Å². The Morgan fingerprint density at radius 1 is 0.867 bits per heavy atom. The fourth-order valence-electron chi connectivity index (χ4n) is 4.27. The number of methoxy groups -OCH3 is 1. The van der Waals surface area contributed by atoms with Crippen LogP contribution in [0.15, 0.2) is 5.16 Å². The second-order valence-electron chi connectivity index (χ2n) is 7.81. The van der Waals surface area contributed by atoms with Crippen molar-refractivity contribution < 1.29 is 33.4 Å². The molecule has 0 aromatic carbocycles. The smallest absolute Gasteiger partial charge is 0.305 e. The van der Waals surface area contributed by atoms with Gasteiger partial charge in [-0.05, 0) is 32.1 Å². The lowest BCUT2D eigenvalue weighted by Crippen LogP contribution is -2.28. The Balaban J connectivity index is 2.96. The Morgan fingerprint density at radius 2 is 1.43 bits per heavy atom. The molecule has 0 unspecified atom stereocenters. The molecule has 0 aromatic heterocycles. The summed E-state index contributed by atoms with van der Waals surface area (Å²) in [6.45, 7) is 4.89. The molecule has 1 aliphatic carbocycles. The van der Waals surface area contributed by atoms with E-state index in [0.29, 0.717) is 25.7 Å². The molecule has 0 aliphatic heterocycles. The van der Waals surface area contributed by atoms with Crippen molar-refractivity contribution in [3.63, 3.8) is 0 Å². The van der Waals surface area contributed by atoms with E-state index in [1.54, 1.807) is 0 Å². The molecule has 30 heavy (non-hydrogen) atoms. The molecule has 0 bridgehead atoms. The number of hydrogen-bond acceptors (Lipinski definition) is 8. The Kier molecular flexibility index (Phi) is 12.1. The van der Waals surface area contributed by atoms with Crippen molar-refractivity contribution in [2.75, 3.05) is 14.2 Å². The van der Waals surface area contributed by atoms with E-state index in [9.17, 15) is 14.4 Å². The molecule has 0 N–H and O–H groups in total. The zero-order chi connectivity index (χ0) is 22.5. The second kappa shape index (κ2) is 14.0. The van der Waals surface area contributed by atoms with Crippen molar-refractivity contribution in [3.8, 4) is 0 Å². The molecule has 0 spiro atoms. The third-order valence-electron chi connectivity index (χ3n) is 5.57. The van der Waals surface area contributed by atoms with Crippen LogP contribution in [0.5, 0.6) is 0 Å². The van der Waals surface area contributed by atoms with Crippen LogP contribution in [0.1, 0.15) is 78.6 Å². The van der Waals surface area contributed by atoms with Gasteiger partial charge in [0.15, 0.2) is 0 Å². The lowest BCUT2D eigenvalue weighted by atomic mass is 9.85. The maximum absolute atomic E-state index is 11.7. The normalized spacial score (nSPS) is 23.7. The summed E-state index contributed by atoms with van der Waals surface area (Å²) >= 11 is 0. The van der Waals surface area contributed by atoms with Gasteiger partial charge in [-0.25, -0.2) is 0 Å². The van der Waals surface area contributed by atoms with Gasteiger partial charge in [-0.15, -0.1) is 0 Å². The third-order valence-corrected chi connectivity index (χ3v) is 5.57. The largest absolute Gasteiger partial charge is 0.469 e. The number of carbonyl (C=O) groups excluding carboxylic acids is 3. The summed E-state index contributed by atoms with van der Waals surface area (Å²) in [6, 6.07) is 0. The van der Waals surface area contributed by atoms with E-state index in [4.69, 9.17) is 19.0 Å². The van der Waals surface area contributed by atoms with Crippen molar-refractivity contribution in [2.45, 2.75) is 90.8 Å². The van der Waals surface area contributed by atoms with Gasteiger partial charge in [-0.3, -0.25) is 14.4 Å². The van der Waals surface area contributed by atoms with Crippen molar-refractivity contribution >= 4 is 23.6 Å². The van der Waals surface area contributed by atoms with E-state index in [2.05, 4.69) is 12.1 Å². The van der Waals surface area contributed by atoms with Gasteiger partial charge in [0.25, 0.3) is 0 Å². The topological polar surface area (TPSA) is 100 Å². The molecule has 0 amide bonds. The van der Waals surface area contributed by atoms with Crippen LogP contribution in [0, 0.1) is 11.8 Å². The van der Waals surface area contributed by atoms with Gasteiger partial charge in [0.05, 0.1) is 12.8 Å². The van der Waals surface area contributed by atoms with E-state index in [-0.39, 0.29) is 42.3 Å². The number of ether oxygens (including phenoxy) is 3. The second-order valence-corrected chi connectivity index (χ2v) is 7.81. The SMILES string of the molecule is CCCCC/C(CC[C@@H]1[C@@H](CCC(=O)OC)[C@H](OC(C)=O)C[C@H]1OC(C)=O)=N/OC. The summed E-state index contributed by atoms with van der Waals surface area (Å²) < 4.78 is 15.9. The maximum atomic E-state index is 11.7. The highest BCUT2D eigenvalue weighted by Crippen LogP contribution is 2.42. The number of esters is 3. The molecular weight excluding hydrogens is 390 g/mol. The van der Waals surface area contributed by atoms with Crippen molar-refractivity contribution in [1.82, 2.24) is 0 Å². The van der Waals surface area contributed by atoms with Crippen LogP contribution in [0.3, 0.4) is 0 Å². The number of oxime groups is 1. The first-order valence-electron chi connectivity index (χ1n) is 10.8. The average Bonchev–Trinajstić information content (AvgIpc) is 2.98. The quantitative estimate of drug-likeness (QED) is 0.145. The molecule has 4 atom stereocenters. The molecule has 1 aliphatic rings. The highest BCUT2D eigenvalue weighted by atomic mass is 16.6. The van der Waals surface area contributed by atoms with Gasteiger partial charge in [0.1, 0.15) is 19.3 Å². The molecule has 8 nitrogen and oxygen atoms in total. The maximum Gasteiger partial charge on any atom is 0.305 e. The predicted octanol–water partition coefficient (Wildman–Crippen LogP) is 3.80. The summed E-state index contributed by atoms with van der Waals surface area (Å²) in [5, 5.41) is 4.17. The molecule has 0 heterocycles. The fraction of sp³-hybridized carbons (Fsp3) is 0.818. The lowest BCUT2D eigenvalue weighted by Gasteiger charge is -2.26. The van der Waals surface area contributed by atoms with E-state index in [0.717, 1.165) is 31.4 Å². The third kappa shape index (κ3) is 9.13. The van der Waals surface area contributed by atoms with Gasteiger partial charge in [-0.1, -0.05) is 24.9 Å². The van der Waals surface area contributed by atoms with Gasteiger partial charge in [0, 0.05) is 38.5 Å². The van der Waals surface area contributed by atoms with Crippen molar-refractivity contribution in [2.24, 2.45) is 17.0 Å². The van der Waals surface area contributed by atoms with Gasteiger partial charge < -0.3 is 19.0 Å². The molecule has 0 saturated heterocycles. The molecule has 0 radical (unpaired) electrons. The van der Waals surface area contributed by atoms with Gasteiger partial charge >= 0.3 is 17.9 Å². The Bertz CT molecular complexity index is 590. The first-order chi connectivity index (χ1) is 14.3. The standard InChI is InChI=1S/C22H37NO7/c1-6-7-8-9-17(23-28-5)10-11-18-19(12-13-22(26)27-4)21(30-16(3)25)14-20(18)29-15(2)24/h18-21H,6-14H2,1-5H3/b23-17-/t18-,19-,20-,21-/m1/s1. The summed E-state index contributed by atoms with van der Waals surface area (Å²) in [7, 11) is 2.89. The zero-order valence-electron chi connectivity index (χ0n) is 19.0. The van der Waals surface area contributed by atoms with Gasteiger partial charge in [0.2, 0.25) is 0 Å². The van der Waals surface area contributed by atoms with Crippen LogP contribution in [0.4, 0.5) is 0 Å². The van der Waals surface area contributed by atoms with Crippen LogP contribution in [0.2, 0.25) is 0 Å². The molecule has 1 rings (SSSR count). The molecule has 0 aromatic rings. The Hall–Kier alpha value is -2.12. The van der Waals surface area contributed by atoms with Gasteiger partial charge in [-0.2, -0.15) is 0 Å². The monoisotopic (exact) mass is 427 g/mol. The number of unbranched alkanes of at least 4 members (excludes halogenated alkanes) is 2. The summed E-state index contributed by atoms with van der Waals surface area (Å²) in [6.07, 6.45) is 5.93. The van der Waals surface area contributed by atoms with Crippen molar-refractivity contribution in [1.29, 1.82) is 0 Å². The molecule has 8 heteroatoms. The minimum atomic E-state index is -0.399. The number of rotatable bonds is 13.